The van der Waals surface area contributed by atoms with Crippen molar-refractivity contribution >= 4 is 35.0 Å². The summed E-state index contributed by atoms with van der Waals surface area (Å²) < 4.78 is 11.2. The maximum atomic E-state index is 13.0. The first-order chi connectivity index (χ1) is 13.6. The Morgan fingerprint density at radius 1 is 1.14 bits per heavy atom. The first-order valence-corrected chi connectivity index (χ1v) is 9.19. The van der Waals surface area contributed by atoms with Gasteiger partial charge in [0.15, 0.2) is 16.6 Å². The van der Waals surface area contributed by atoms with Gasteiger partial charge < -0.3 is 14.4 Å². The van der Waals surface area contributed by atoms with E-state index in [2.05, 4.69) is 5.92 Å². The number of rotatable bonds is 6. The molecule has 1 heterocycles. The minimum Gasteiger partial charge on any atom is -0.490 e. The molecule has 0 aliphatic carbocycles. The Bertz CT molecular complexity index is 963. The summed E-state index contributed by atoms with van der Waals surface area (Å²) in [6.07, 6.45) is 7.04. The van der Waals surface area contributed by atoms with Crippen LogP contribution in [0.15, 0.2) is 54.2 Å². The van der Waals surface area contributed by atoms with Crippen molar-refractivity contribution in [1.29, 1.82) is 0 Å². The highest BCUT2D eigenvalue weighted by molar-refractivity contribution is 7.80. The average molecular weight is 392 g/mol. The number of carbonyl (C=O) groups is 1. The lowest BCUT2D eigenvalue weighted by Gasteiger charge is -2.16. The van der Waals surface area contributed by atoms with E-state index in [0.717, 1.165) is 11.3 Å². The van der Waals surface area contributed by atoms with Crippen LogP contribution in [0.25, 0.3) is 6.08 Å². The number of amides is 1. The summed E-state index contributed by atoms with van der Waals surface area (Å²) in [4.78, 5) is 16.2. The molecule has 0 unspecified atom stereocenters. The number of ether oxygens (including phenoxy) is 2. The lowest BCUT2D eigenvalue weighted by atomic mass is 10.1. The number of likely N-dealkylation sites (N-methyl/N-ethyl adjacent to an activating group) is 1. The maximum absolute atomic E-state index is 13.0. The summed E-state index contributed by atoms with van der Waals surface area (Å²) in [6, 6.07) is 14.8. The Kier molecular flexibility index (Phi) is 5.97. The van der Waals surface area contributed by atoms with Gasteiger partial charge in [0.05, 0.1) is 12.3 Å². The van der Waals surface area contributed by atoms with Crippen molar-refractivity contribution in [1.82, 2.24) is 4.90 Å². The van der Waals surface area contributed by atoms with Crippen LogP contribution in [0.5, 0.6) is 11.5 Å². The second-order valence-corrected chi connectivity index (χ2v) is 6.34. The molecule has 0 radical (unpaired) electrons. The van der Waals surface area contributed by atoms with Crippen LogP contribution >= 0.6 is 12.2 Å². The molecule has 2 aromatic rings. The predicted molar refractivity (Wildman–Crippen MR) is 114 cm³/mol. The van der Waals surface area contributed by atoms with Crippen LogP contribution in [0.4, 0.5) is 5.69 Å². The normalized spacial score (nSPS) is 15.1. The largest absolute Gasteiger partial charge is 0.490 e. The number of para-hydroxylation sites is 1. The van der Waals surface area contributed by atoms with Gasteiger partial charge in [0.2, 0.25) is 0 Å². The summed E-state index contributed by atoms with van der Waals surface area (Å²) in [7, 11) is 1.78. The first kappa shape index (κ1) is 19.5. The summed E-state index contributed by atoms with van der Waals surface area (Å²) in [6.45, 7) is 2.53. The first-order valence-electron chi connectivity index (χ1n) is 8.78. The van der Waals surface area contributed by atoms with Gasteiger partial charge in [0.25, 0.3) is 5.91 Å². The zero-order valence-corrected chi connectivity index (χ0v) is 16.5. The monoisotopic (exact) mass is 392 g/mol. The number of benzene rings is 2. The van der Waals surface area contributed by atoms with Crippen LogP contribution in [0.2, 0.25) is 0 Å². The third-order valence-corrected chi connectivity index (χ3v) is 4.61. The van der Waals surface area contributed by atoms with Gasteiger partial charge in [-0.15, -0.1) is 6.42 Å². The van der Waals surface area contributed by atoms with E-state index >= 15 is 0 Å². The topological polar surface area (TPSA) is 42.0 Å². The van der Waals surface area contributed by atoms with E-state index in [4.69, 9.17) is 28.1 Å². The Balaban J connectivity index is 1.94. The Hall–Kier alpha value is -3.30. The van der Waals surface area contributed by atoms with Crippen molar-refractivity contribution in [2.45, 2.75) is 6.92 Å². The SMILES string of the molecule is C#CCOc1ccc(/C=C2\C(=O)N(c3ccccc3)C(=S)N2C)cc1OCC. The number of terminal acetylenes is 1. The molecule has 3 rings (SSSR count). The number of carbonyl (C=O) groups excluding carboxylic acids is 1. The second kappa shape index (κ2) is 8.59. The standard InChI is InChI=1S/C22H20N2O3S/c1-4-13-27-19-12-11-16(15-20(19)26-5-2)14-18-21(25)24(22(28)23(18)3)17-9-7-6-8-10-17/h1,6-12,14-15H,5,13H2,2-3H3/b18-14+. The van der Waals surface area contributed by atoms with Crippen molar-refractivity contribution in [3.05, 3.63) is 59.8 Å². The molecular formula is C22H20N2O3S. The molecule has 0 atom stereocenters. The van der Waals surface area contributed by atoms with E-state index < -0.39 is 0 Å². The highest BCUT2D eigenvalue weighted by Gasteiger charge is 2.36. The van der Waals surface area contributed by atoms with Gasteiger partial charge in [-0.05, 0) is 55.0 Å². The van der Waals surface area contributed by atoms with Crippen molar-refractivity contribution < 1.29 is 14.3 Å². The third kappa shape index (κ3) is 3.85. The highest BCUT2D eigenvalue weighted by Crippen LogP contribution is 2.32. The van der Waals surface area contributed by atoms with E-state index in [9.17, 15) is 4.79 Å². The van der Waals surface area contributed by atoms with Crippen molar-refractivity contribution in [2.24, 2.45) is 0 Å². The minimum atomic E-state index is -0.177. The molecule has 1 amide bonds. The van der Waals surface area contributed by atoms with Crippen molar-refractivity contribution in [3.8, 4) is 23.8 Å². The van der Waals surface area contributed by atoms with Gasteiger partial charge in [-0.2, -0.15) is 0 Å². The van der Waals surface area contributed by atoms with E-state index in [-0.39, 0.29) is 12.5 Å². The fourth-order valence-corrected chi connectivity index (χ4v) is 3.13. The second-order valence-electron chi connectivity index (χ2n) is 5.98. The molecular weight excluding hydrogens is 372 g/mol. The zero-order valence-electron chi connectivity index (χ0n) is 15.7. The van der Waals surface area contributed by atoms with E-state index in [1.54, 1.807) is 24.1 Å². The molecule has 0 bridgehead atoms. The maximum Gasteiger partial charge on any atom is 0.281 e. The fraction of sp³-hybridized carbons (Fsp3) is 0.182. The Morgan fingerprint density at radius 3 is 2.57 bits per heavy atom. The predicted octanol–water partition coefficient (Wildman–Crippen LogP) is 3.70. The van der Waals surface area contributed by atoms with Crippen LogP contribution in [0.3, 0.4) is 0 Å². The zero-order chi connectivity index (χ0) is 20.1. The third-order valence-electron chi connectivity index (χ3n) is 4.16. The summed E-state index contributed by atoms with van der Waals surface area (Å²) in [5.74, 6) is 3.39. The van der Waals surface area contributed by atoms with Crippen LogP contribution in [-0.2, 0) is 4.79 Å². The highest BCUT2D eigenvalue weighted by atomic mass is 32.1. The van der Waals surface area contributed by atoms with Crippen molar-refractivity contribution in [2.75, 3.05) is 25.2 Å². The molecule has 0 spiro atoms. The lowest BCUT2D eigenvalue weighted by molar-refractivity contribution is -0.114. The van der Waals surface area contributed by atoms with Crippen LogP contribution in [0.1, 0.15) is 12.5 Å². The van der Waals surface area contributed by atoms with Crippen molar-refractivity contribution in [3.63, 3.8) is 0 Å². The van der Waals surface area contributed by atoms with E-state index in [1.807, 2.05) is 49.4 Å². The van der Waals surface area contributed by atoms with Crippen LogP contribution in [0, 0.1) is 12.3 Å². The van der Waals surface area contributed by atoms with Gasteiger partial charge in [0, 0.05) is 7.05 Å². The van der Waals surface area contributed by atoms with E-state index in [0.29, 0.717) is 28.9 Å². The fourth-order valence-electron chi connectivity index (χ4n) is 2.84. The van der Waals surface area contributed by atoms with Gasteiger partial charge in [-0.25, -0.2) is 0 Å². The Morgan fingerprint density at radius 2 is 1.89 bits per heavy atom. The van der Waals surface area contributed by atoms with Gasteiger partial charge in [0.1, 0.15) is 12.3 Å². The summed E-state index contributed by atoms with van der Waals surface area (Å²) >= 11 is 5.48. The number of nitrogens with zero attached hydrogens (tertiary/aromatic N) is 2. The molecule has 0 aromatic heterocycles. The van der Waals surface area contributed by atoms with Gasteiger partial charge in [-0.3, -0.25) is 9.69 Å². The quantitative estimate of drug-likeness (QED) is 0.426. The molecule has 1 aliphatic heterocycles. The molecule has 1 aliphatic rings. The molecule has 5 nitrogen and oxygen atoms in total. The van der Waals surface area contributed by atoms with Gasteiger partial charge in [-0.1, -0.05) is 30.2 Å². The van der Waals surface area contributed by atoms with Gasteiger partial charge >= 0.3 is 0 Å². The number of hydrogen-bond donors (Lipinski definition) is 0. The number of thiocarbonyl (C=S) groups is 1. The molecule has 1 saturated heterocycles. The summed E-state index contributed by atoms with van der Waals surface area (Å²) in [5.41, 5.74) is 2.01. The lowest BCUT2D eigenvalue weighted by Crippen LogP contribution is -2.30. The molecule has 0 saturated carbocycles. The van der Waals surface area contributed by atoms with Crippen LogP contribution in [-0.4, -0.2) is 36.2 Å². The molecule has 0 N–H and O–H groups in total. The Labute approximate surface area is 170 Å². The molecule has 1 fully saturated rings. The molecule has 28 heavy (non-hydrogen) atoms. The molecule has 142 valence electrons. The number of anilines is 1. The smallest absolute Gasteiger partial charge is 0.281 e. The minimum absolute atomic E-state index is 0.155. The molecule has 2 aromatic carbocycles. The number of hydrogen-bond acceptors (Lipinski definition) is 4. The van der Waals surface area contributed by atoms with E-state index in [1.165, 1.54) is 4.90 Å². The molecule has 6 heteroatoms. The average Bonchev–Trinajstić information content (AvgIpc) is 2.91. The van der Waals surface area contributed by atoms with Crippen LogP contribution < -0.4 is 14.4 Å². The summed E-state index contributed by atoms with van der Waals surface area (Å²) in [5, 5.41) is 0.432.